The summed E-state index contributed by atoms with van der Waals surface area (Å²) in [7, 11) is 0. The van der Waals surface area contributed by atoms with E-state index in [2.05, 4.69) is 15.6 Å². The standard InChI is InChI=1S/C20H33N3O3.HI/c1-4-21-20(22-10-11-25-14-16-8-9-16)23-13-19(24)17-6-5-7-18(12-17)26-15(2)3;/h5-7,12,15-16,19,24H,4,8-11,13-14H2,1-3H3,(H2,21,22,23);1H. The molecule has 0 heterocycles. The third-order valence-electron chi connectivity index (χ3n) is 3.97. The van der Waals surface area contributed by atoms with Crippen molar-refractivity contribution in [1.82, 2.24) is 10.6 Å². The molecular formula is C20H34IN3O3. The monoisotopic (exact) mass is 491 g/mol. The molecule has 2 rings (SSSR count). The number of ether oxygens (including phenoxy) is 2. The lowest BCUT2D eigenvalue weighted by Crippen LogP contribution is -2.39. The Bertz CT molecular complexity index is 565. The summed E-state index contributed by atoms with van der Waals surface area (Å²) in [5.41, 5.74) is 0.801. The van der Waals surface area contributed by atoms with Crippen LogP contribution in [0.2, 0.25) is 0 Å². The summed E-state index contributed by atoms with van der Waals surface area (Å²) in [4.78, 5) is 4.47. The van der Waals surface area contributed by atoms with E-state index in [-0.39, 0.29) is 36.6 Å². The molecule has 0 radical (unpaired) electrons. The number of nitrogens with zero attached hydrogens (tertiary/aromatic N) is 1. The van der Waals surface area contributed by atoms with Crippen LogP contribution in [0.5, 0.6) is 5.75 Å². The molecule has 1 fully saturated rings. The molecule has 154 valence electrons. The van der Waals surface area contributed by atoms with Gasteiger partial charge in [0.25, 0.3) is 0 Å². The summed E-state index contributed by atoms with van der Waals surface area (Å²) in [6.07, 6.45) is 2.04. The molecule has 1 aliphatic rings. The van der Waals surface area contributed by atoms with Gasteiger partial charge >= 0.3 is 0 Å². The highest BCUT2D eigenvalue weighted by Gasteiger charge is 2.20. The summed E-state index contributed by atoms with van der Waals surface area (Å²) in [6, 6.07) is 7.54. The Hall–Kier alpha value is -1.06. The predicted octanol–water partition coefficient (Wildman–Crippen LogP) is 3.11. The van der Waals surface area contributed by atoms with Crippen LogP contribution in [0.3, 0.4) is 0 Å². The van der Waals surface area contributed by atoms with Gasteiger partial charge in [-0.3, -0.25) is 4.99 Å². The molecule has 0 aromatic heterocycles. The minimum absolute atomic E-state index is 0. The predicted molar refractivity (Wildman–Crippen MR) is 120 cm³/mol. The second kappa shape index (κ2) is 13.2. The van der Waals surface area contributed by atoms with E-state index in [1.807, 2.05) is 45.0 Å². The highest BCUT2D eigenvalue weighted by Crippen LogP contribution is 2.28. The number of nitrogens with one attached hydrogen (secondary N) is 2. The zero-order valence-corrected chi connectivity index (χ0v) is 18.9. The van der Waals surface area contributed by atoms with Crippen LogP contribution in [0.25, 0.3) is 0 Å². The smallest absolute Gasteiger partial charge is 0.191 e. The van der Waals surface area contributed by atoms with Gasteiger partial charge in [-0.25, -0.2) is 0 Å². The van der Waals surface area contributed by atoms with E-state index < -0.39 is 6.10 Å². The second-order valence-electron chi connectivity index (χ2n) is 6.92. The topological polar surface area (TPSA) is 75.1 Å². The number of aliphatic hydroxyl groups is 1. The first kappa shape index (κ1) is 24.0. The van der Waals surface area contributed by atoms with E-state index in [1.54, 1.807) is 0 Å². The van der Waals surface area contributed by atoms with Crippen molar-refractivity contribution in [1.29, 1.82) is 0 Å². The van der Waals surface area contributed by atoms with Gasteiger partial charge in [-0.05, 0) is 57.2 Å². The molecule has 0 bridgehead atoms. The largest absolute Gasteiger partial charge is 0.491 e. The Morgan fingerprint density at radius 3 is 2.74 bits per heavy atom. The molecule has 3 N–H and O–H groups in total. The van der Waals surface area contributed by atoms with Gasteiger partial charge in [0.15, 0.2) is 5.96 Å². The van der Waals surface area contributed by atoms with Crippen molar-refractivity contribution in [2.24, 2.45) is 10.9 Å². The van der Waals surface area contributed by atoms with Crippen molar-refractivity contribution in [3.8, 4) is 5.75 Å². The van der Waals surface area contributed by atoms with Gasteiger partial charge in [-0.15, -0.1) is 24.0 Å². The normalized spacial score (nSPS) is 15.2. The van der Waals surface area contributed by atoms with Gasteiger partial charge in [-0.2, -0.15) is 0 Å². The zero-order chi connectivity index (χ0) is 18.8. The van der Waals surface area contributed by atoms with Crippen LogP contribution < -0.4 is 15.4 Å². The van der Waals surface area contributed by atoms with E-state index in [4.69, 9.17) is 9.47 Å². The lowest BCUT2D eigenvalue weighted by molar-refractivity contribution is 0.129. The number of aliphatic hydroxyl groups excluding tert-OH is 1. The molecule has 1 aromatic rings. The van der Waals surface area contributed by atoms with Crippen molar-refractivity contribution in [2.75, 3.05) is 32.8 Å². The fraction of sp³-hybridized carbons (Fsp3) is 0.650. The van der Waals surface area contributed by atoms with Crippen LogP contribution >= 0.6 is 24.0 Å². The third kappa shape index (κ3) is 10.2. The average molecular weight is 491 g/mol. The lowest BCUT2D eigenvalue weighted by atomic mass is 10.1. The van der Waals surface area contributed by atoms with Crippen molar-refractivity contribution in [3.05, 3.63) is 29.8 Å². The Morgan fingerprint density at radius 1 is 1.30 bits per heavy atom. The van der Waals surface area contributed by atoms with Gasteiger partial charge < -0.3 is 25.2 Å². The molecule has 0 amide bonds. The molecule has 1 unspecified atom stereocenters. The van der Waals surface area contributed by atoms with Gasteiger partial charge in [0.2, 0.25) is 0 Å². The molecule has 1 saturated carbocycles. The van der Waals surface area contributed by atoms with Crippen molar-refractivity contribution < 1.29 is 14.6 Å². The van der Waals surface area contributed by atoms with Crippen molar-refractivity contribution in [2.45, 2.75) is 45.8 Å². The maximum atomic E-state index is 10.4. The minimum atomic E-state index is -0.674. The van der Waals surface area contributed by atoms with E-state index in [9.17, 15) is 5.11 Å². The fourth-order valence-electron chi connectivity index (χ4n) is 2.47. The molecule has 0 aliphatic heterocycles. The first-order valence-corrected chi connectivity index (χ1v) is 9.63. The lowest BCUT2D eigenvalue weighted by Gasteiger charge is -2.15. The minimum Gasteiger partial charge on any atom is -0.491 e. The zero-order valence-electron chi connectivity index (χ0n) is 16.6. The Morgan fingerprint density at radius 2 is 2.07 bits per heavy atom. The SMILES string of the molecule is CCNC(=NCC(O)c1cccc(OC(C)C)c1)NCCOCC1CC1.I. The van der Waals surface area contributed by atoms with Crippen LogP contribution in [0.15, 0.2) is 29.3 Å². The molecule has 0 saturated heterocycles. The summed E-state index contributed by atoms with van der Waals surface area (Å²) in [6.45, 7) is 9.26. The molecule has 27 heavy (non-hydrogen) atoms. The van der Waals surface area contributed by atoms with E-state index in [0.29, 0.717) is 19.1 Å². The number of guanidine groups is 1. The molecule has 1 aromatic carbocycles. The van der Waals surface area contributed by atoms with Gasteiger partial charge in [0.05, 0.1) is 25.4 Å². The molecule has 1 aliphatic carbocycles. The maximum Gasteiger partial charge on any atom is 0.191 e. The highest BCUT2D eigenvalue weighted by atomic mass is 127. The average Bonchev–Trinajstić information content (AvgIpc) is 3.43. The summed E-state index contributed by atoms with van der Waals surface area (Å²) in [5.74, 6) is 2.23. The van der Waals surface area contributed by atoms with Crippen LogP contribution in [-0.4, -0.2) is 50.0 Å². The molecule has 7 heteroatoms. The Kier molecular flexibility index (Phi) is 11.7. The van der Waals surface area contributed by atoms with Crippen LogP contribution in [0, 0.1) is 5.92 Å². The summed E-state index contributed by atoms with van der Waals surface area (Å²) in [5, 5.41) is 16.9. The van der Waals surface area contributed by atoms with Crippen molar-refractivity contribution >= 4 is 29.9 Å². The van der Waals surface area contributed by atoms with Gasteiger partial charge in [0.1, 0.15) is 5.75 Å². The number of hydrogen-bond donors (Lipinski definition) is 3. The Balaban J connectivity index is 0.00000364. The van der Waals surface area contributed by atoms with Gasteiger partial charge in [0, 0.05) is 19.7 Å². The second-order valence-corrected chi connectivity index (χ2v) is 6.92. The maximum absolute atomic E-state index is 10.4. The fourth-order valence-corrected chi connectivity index (χ4v) is 2.47. The summed E-state index contributed by atoms with van der Waals surface area (Å²) < 4.78 is 11.3. The van der Waals surface area contributed by atoms with Gasteiger partial charge in [-0.1, -0.05) is 12.1 Å². The van der Waals surface area contributed by atoms with E-state index >= 15 is 0 Å². The Labute approximate surface area is 180 Å². The number of halogens is 1. The molecule has 1 atom stereocenters. The van der Waals surface area contributed by atoms with Crippen molar-refractivity contribution in [3.63, 3.8) is 0 Å². The first-order valence-electron chi connectivity index (χ1n) is 9.63. The highest BCUT2D eigenvalue weighted by molar-refractivity contribution is 14.0. The summed E-state index contributed by atoms with van der Waals surface area (Å²) >= 11 is 0. The first-order chi connectivity index (χ1) is 12.6. The number of aliphatic imine (C=N–C) groups is 1. The number of hydrogen-bond acceptors (Lipinski definition) is 4. The quantitative estimate of drug-likeness (QED) is 0.192. The van der Waals surface area contributed by atoms with Crippen LogP contribution in [0.1, 0.15) is 45.3 Å². The number of benzene rings is 1. The third-order valence-corrected chi connectivity index (χ3v) is 3.97. The van der Waals surface area contributed by atoms with Crippen LogP contribution in [0.4, 0.5) is 0 Å². The van der Waals surface area contributed by atoms with E-state index in [1.165, 1.54) is 12.8 Å². The molecule has 6 nitrogen and oxygen atoms in total. The molecular weight excluding hydrogens is 457 g/mol. The van der Waals surface area contributed by atoms with Crippen LogP contribution in [-0.2, 0) is 4.74 Å². The number of rotatable bonds is 11. The van der Waals surface area contributed by atoms with E-state index in [0.717, 1.165) is 30.4 Å². The molecule has 0 spiro atoms.